The molecule has 1 aromatic heterocycles. The number of anilines is 2. The van der Waals surface area contributed by atoms with Crippen LogP contribution in [0.15, 0.2) is 12.1 Å². The Balaban J connectivity index is 1.71. The van der Waals surface area contributed by atoms with Crippen LogP contribution in [0, 0.1) is 0 Å². The van der Waals surface area contributed by atoms with Crippen LogP contribution in [-0.4, -0.2) is 44.2 Å². The van der Waals surface area contributed by atoms with E-state index in [9.17, 15) is 0 Å². The van der Waals surface area contributed by atoms with Crippen molar-refractivity contribution in [3.8, 4) is 5.88 Å². The maximum absolute atomic E-state index is 5.78. The molecule has 2 fully saturated rings. The molecule has 0 amide bonds. The lowest BCUT2D eigenvalue weighted by molar-refractivity contribution is -0.169. The van der Waals surface area contributed by atoms with Gasteiger partial charge < -0.3 is 24.8 Å². The molecule has 104 valence electrons. The summed E-state index contributed by atoms with van der Waals surface area (Å²) in [5, 5.41) is 0. The number of ether oxygens (including phenoxy) is 3. The number of nitrogens with two attached hydrogens (primary N) is 1. The lowest BCUT2D eigenvalue weighted by Crippen LogP contribution is -2.45. The van der Waals surface area contributed by atoms with Crippen molar-refractivity contribution in [2.75, 3.05) is 44.0 Å². The normalized spacial score (nSPS) is 21.8. The highest BCUT2D eigenvalue weighted by Gasteiger charge is 2.40. The lowest BCUT2D eigenvalue weighted by atomic mass is 10.0. The van der Waals surface area contributed by atoms with E-state index in [4.69, 9.17) is 19.9 Å². The molecule has 6 nitrogen and oxygen atoms in total. The quantitative estimate of drug-likeness (QED) is 0.861. The molecule has 0 aromatic carbocycles. The third-order valence-electron chi connectivity index (χ3n) is 3.73. The minimum atomic E-state index is -0.353. The summed E-state index contributed by atoms with van der Waals surface area (Å²) in [7, 11) is 1.58. The first-order valence-corrected chi connectivity index (χ1v) is 6.56. The summed E-state index contributed by atoms with van der Waals surface area (Å²) >= 11 is 0. The van der Waals surface area contributed by atoms with Crippen LogP contribution in [-0.2, 0) is 9.47 Å². The van der Waals surface area contributed by atoms with Gasteiger partial charge in [0.1, 0.15) is 5.82 Å². The Labute approximate surface area is 112 Å². The van der Waals surface area contributed by atoms with E-state index in [2.05, 4.69) is 9.88 Å². The van der Waals surface area contributed by atoms with Gasteiger partial charge in [-0.1, -0.05) is 0 Å². The van der Waals surface area contributed by atoms with E-state index in [1.54, 1.807) is 7.11 Å². The van der Waals surface area contributed by atoms with Crippen molar-refractivity contribution in [1.82, 2.24) is 4.98 Å². The van der Waals surface area contributed by atoms with Crippen molar-refractivity contribution in [3.05, 3.63) is 12.1 Å². The van der Waals surface area contributed by atoms with E-state index >= 15 is 0 Å². The second-order valence-electron chi connectivity index (χ2n) is 4.86. The number of hydrogen-bond acceptors (Lipinski definition) is 6. The van der Waals surface area contributed by atoms with Crippen molar-refractivity contribution in [2.45, 2.75) is 18.6 Å². The lowest BCUT2D eigenvalue weighted by Gasteiger charge is -2.38. The second-order valence-corrected chi connectivity index (χ2v) is 4.86. The number of nitrogens with zero attached hydrogens (tertiary/aromatic N) is 2. The van der Waals surface area contributed by atoms with Gasteiger partial charge in [0.15, 0.2) is 5.79 Å². The molecule has 0 bridgehead atoms. The molecule has 0 unspecified atom stereocenters. The fourth-order valence-corrected chi connectivity index (χ4v) is 2.64. The third kappa shape index (κ3) is 2.33. The Hall–Kier alpha value is -1.53. The first-order chi connectivity index (χ1) is 9.22. The largest absolute Gasteiger partial charge is 0.479 e. The zero-order valence-corrected chi connectivity index (χ0v) is 11.1. The molecule has 2 aliphatic rings. The maximum atomic E-state index is 5.78. The SMILES string of the molecule is COc1nc(N2CCC3(CC2)OCCO3)ccc1N. The number of methoxy groups -OCH3 is 1. The molecule has 3 heterocycles. The van der Waals surface area contributed by atoms with Gasteiger partial charge in [0, 0.05) is 25.9 Å². The van der Waals surface area contributed by atoms with Gasteiger partial charge in [-0.2, -0.15) is 4.98 Å². The molecule has 0 saturated carbocycles. The van der Waals surface area contributed by atoms with Gasteiger partial charge in [0.25, 0.3) is 0 Å². The molecule has 2 saturated heterocycles. The molecule has 2 N–H and O–H groups in total. The summed E-state index contributed by atoms with van der Waals surface area (Å²) in [6.07, 6.45) is 1.72. The maximum Gasteiger partial charge on any atom is 0.238 e. The van der Waals surface area contributed by atoms with Gasteiger partial charge in [-0.05, 0) is 12.1 Å². The molecule has 3 rings (SSSR count). The minimum Gasteiger partial charge on any atom is -0.479 e. The molecule has 1 spiro atoms. The third-order valence-corrected chi connectivity index (χ3v) is 3.73. The van der Waals surface area contributed by atoms with Gasteiger partial charge >= 0.3 is 0 Å². The van der Waals surface area contributed by atoms with Crippen molar-refractivity contribution in [3.63, 3.8) is 0 Å². The summed E-state index contributed by atoms with van der Waals surface area (Å²) in [5.74, 6) is 1.01. The summed E-state index contributed by atoms with van der Waals surface area (Å²) < 4.78 is 16.6. The molecule has 0 radical (unpaired) electrons. The molecule has 0 atom stereocenters. The van der Waals surface area contributed by atoms with E-state index in [0.717, 1.165) is 31.7 Å². The topological polar surface area (TPSA) is 69.8 Å². The number of hydrogen-bond donors (Lipinski definition) is 1. The van der Waals surface area contributed by atoms with E-state index in [1.807, 2.05) is 12.1 Å². The first kappa shape index (κ1) is 12.5. The minimum absolute atomic E-state index is 0.353. The predicted octanol–water partition coefficient (Wildman–Crippen LogP) is 1.02. The van der Waals surface area contributed by atoms with Gasteiger partial charge in [-0.15, -0.1) is 0 Å². The van der Waals surface area contributed by atoms with Gasteiger partial charge in [0.05, 0.1) is 26.0 Å². The molecular formula is C13H19N3O3. The first-order valence-electron chi connectivity index (χ1n) is 6.56. The Morgan fingerprint density at radius 2 is 1.95 bits per heavy atom. The van der Waals surface area contributed by atoms with E-state index in [0.29, 0.717) is 24.8 Å². The molecule has 0 aliphatic carbocycles. The number of aromatic nitrogens is 1. The summed E-state index contributed by atoms with van der Waals surface area (Å²) in [6.45, 7) is 3.13. The zero-order valence-electron chi connectivity index (χ0n) is 11.1. The fourth-order valence-electron chi connectivity index (χ4n) is 2.64. The van der Waals surface area contributed by atoms with Crippen LogP contribution in [0.1, 0.15) is 12.8 Å². The van der Waals surface area contributed by atoms with Crippen LogP contribution in [0.4, 0.5) is 11.5 Å². The molecule has 1 aromatic rings. The van der Waals surface area contributed by atoms with Crippen LogP contribution in [0.2, 0.25) is 0 Å². The summed E-state index contributed by atoms with van der Waals surface area (Å²) in [5.41, 5.74) is 6.34. The highest BCUT2D eigenvalue weighted by Crippen LogP contribution is 2.33. The van der Waals surface area contributed by atoms with Gasteiger partial charge in [-0.25, -0.2) is 0 Å². The average Bonchev–Trinajstić information content (AvgIpc) is 2.89. The van der Waals surface area contributed by atoms with Crippen LogP contribution < -0.4 is 15.4 Å². The Bertz CT molecular complexity index is 450. The summed E-state index contributed by atoms with van der Waals surface area (Å²) in [6, 6.07) is 3.75. The van der Waals surface area contributed by atoms with E-state index in [-0.39, 0.29) is 5.79 Å². The Morgan fingerprint density at radius 3 is 2.58 bits per heavy atom. The van der Waals surface area contributed by atoms with Crippen molar-refractivity contribution in [1.29, 1.82) is 0 Å². The van der Waals surface area contributed by atoms with E-state index in [1.165, 1.54) is 0 Å². The molecule has 19 heavy (non-hydrogen) atoms. The number of nitrogen functional groups attached to an aromatic ring is 1. The number of pyridine rings is 1. The van der Waals surface area contributed by atoms with Crippen LogP contribution in [0.3, 0.4) is 0 Å². The van der Waals surface area contributed by atoms with Gasteiger partial charge in [0.2, 0.25) is 5.88 Å². The molecule has 2 aliphatic heterocycles. The number of rotatable bonds is 2. The van der Waals surface area contributed by atoms with Crippen LogP contribution in [0.25, 0.3) is 0 Å². The molecular weight excluding hydrogens is 246 g/mol. The molecule has 6 heteroatoms. The van der Waals surface area contributed by atoms with Crippen molar-refractivity contribution < 1.29 is 14.2 Å². The Morgan fingerprint density at radius 1 is 1.26 bits per heavy atom. The van der Waals surface area contributed by atoms with Crippen LogP contribution >= 0.6 is 0 Å². The predicted molar refractivity (Wildman–Crippen MR) is 71.3 cm³/mol. The summed E-state index contributed by atoms with van der Waals surface area (Å²) in [4.78, 5) is 6.63. The highest BCUT2D eigenvalue weighted by atomic mass is 16.7. The highest BCUT2D eigenvalue weighted by molar-refractivity contribution is 5.54. The second kappa shape index (κ2) is 4.86. The number of piperidine rings is 1. The Kier molecular flexibility index (Phi) is 3.20. The monoisotopic (exact) mass is 265 g/mol. The van der Waals surface area contributed by atoms with Gasteiger partial charge in [-0.3, -0.25) is 0 Å². The van der Waals surface area contributed by atoms with Crippen LogP contribution in [0.5, 0.6) is 5.88 Å². The standard InChI is InChI=1S/C13H19N3O3/c1-17-12-10(14)2-3-11(15-12)16-6-4-13(5-7-16)18-8-9-19-13/h2-3H,4-9,14H2,1H3. The van der Waals surface area contributed by atoms with E-state index < -0.39 is 0 Å². The zero-order chi connectivity index (χ0) is 13.3. The van der Waals surface area contributed by atoms with Crippen molar-refractivity contribution in [2.24, 2.45) is 0 Å². The average molecular weight is 265 g/mol. The smallest absolute Gasteiger partial charge is 0.238 e. The van der Waals surface area contributed by atoms with Crippen molar-refractivity contribution >= 4 is 11.5 Å². The fraction of sp³-hybridized carbons (Fsp3) is 0.615.